The minimum Gasteiger partial charge on any atom is -0.508 e. The molecule has 1 aromatic carbocycles. The van der Waals surface area contributed by atoms with Crippen LogP contribution in [0.1, 0.15) is 30.2 Å². The van der Waals surface area contributed by atoms with Crippen molar-refractivity contribution in [2.45, 2.75) is 25.8 Å². The lowest BCUT2D eigenvalue weighted by molar-refractivity contribution is 0.475. The number of H-pyrrole nitrogens is 1. The van der Waals surface area contributed by atoms with Crippen LogP contribution in [0.2, 0.25) is 0 Å². The Labute approximate surface area is 99.7 Å². The molecule has 0 radical (unpaired) electrons. The van der Waals surface area contributed by atoms with Gasteiger partial charge < -0.3 is 10.8 Å². The third-order valence-corrected chi connectivity index (χ3v) is 2.61. The molecule has 1 heterocycles. The summed E-state index contributed by atoms with van der Waals surface area (Å²) in [6, 6.07) is 6.77. The molecular formula is C12H16N4O. The Morgan fingerprint density at radius 2 is 2.06 bits per heavy atom. The fraction of sp³-hybridized carbons (Fsp3) is 0.333. The van der Waals surface area contributed by atoms with Gasteiger partial charge in [0.15, 0.2) is 5.82 Å². The van der Waals surface area contributed by atoms with Crippen molar-refractivity contribution < 1.29 is 5.11 Å². The van der Waals surface area contributed by atoms with Crippen LogP contribution in [0.15, 0.2) is 24.3 Å². The Kier molecular flexibility index (Phi) is 3.39. The smallest absolute Gasteiger partial charge is 0.167 e. The van der Waals surface area contributed by atoms with Gasteiger partial charge in [0.25, 0.3) is 0 Å². The van der Waals surface area contributed by atoms with Gasteiger partial charge in [-0.25, -0.2) is 4.98 Å². The molecule has 0 aliphatic heterocycles. The fourth-order valence-corrected chi connectivity index (χ4v) is 1.61. The fourth-order valence-electron chi connectivity index (χ4n) is 1.61. The third-order valence-electron chi connectivity index (χ3n) is 2.61. The molecule has 0 bridgehead atoms. The largest absolute Gasteiger partial charge is 0.508 e. The van der Waals surface area contributed by atoms with E-state index in [1.54, 1.807) is 12.1 Å². The van der Waals surface area contributed by atoms with Gasteiger partial charge in [0.1, 0.15) is 11.6 Å². The van der Waals surface area contributed by atoms with Crippen LogP contribution >= 0.6 is 0 Å². The van der Waals surface area contributed by atoms with Crippen molar-refractivity contribution in [2.24, 2.45) is 5.73 Å². The van der Waals surface area contributed by atoms with Crippen molar-refractivity contribution >= 4 is 0 Å². The lowest BCUT2D eigenvalue weighted by Crippen LogP contribution is -2.15. The van der Waals surface area contributed by atoms with Crippen LogP contribution in [0.4, 0.5) is 0 Å². The van der Waals surface area contributed by atoms with Crippen LogP contribution in [0.3, 0.4) is 0 Å². The topological polar surface area (TPSA) is 87.8 Å². The first-order valence-electron chi connectivity index (χ1n) is 5.63. The zero-order chi connectivity index (χ0) is 12.3. The van der Waals surface area contributed by atoms with E-state index in [0.29, 0.717) is 12.2 Å². The quantitative estimate of drug-likeness (QED) is 0.741. The second kappa shape index (κ2) is 4.97. The number of phenols is 1. The molecule has 0 amide bonds. The van der Waals surface area contributed by atoms with Gasteiger partial charge in [0.2, 0.25) is 0 Å². The molecule has 2 aromatic rings. The average molecular weight is 232 g/mol. The predicted molar refractivity (Wildman–Crippen MR) is 64.5 cm³/mol. The zero-order valence-corrected chi connectivity index (χ0v) is 9.72. The number of nitrogens with two attached hydrogens (primary N) is 1. The molecule has 0 spiro atoms. The van der Waals surface area contributed by atoms with Crippen LogP contribution in [-0.2, 0) is 12.8 Å². The van der Waals surface area contributed by atoms with Gasteiger partial charge >= 0.3 is 0 Å². The van der Waals surface area contributed by atoms with E-state index in [0.717, 1.165) is 17.8 Å². The molecular weight excluding hydrogens is 216 g/mol. The molecule has 0 saturated heterocycles. The van der Waals surface area contributed by atoms with Gasteiger partial charge in [0.05, 0.1) is 6.04 Å². The van der Waals surface area contributed by atoms with E-state index in [-0.39, 0.29) is 11.8 Å². The Hall–Kier alpha value is -1.88. The summed E-state index contributed by atoms with van der Waals surface area (Å²) in [7, 11) is 0. The van der Waals surface area contributed by atoms with E-state index in [2.05, 4.69) is 15.2 Å². The second-order valence-corrected chi connectivity index (χ2v) is 3.97. The molecule has 0 aliphatic carbocycles. The monoisotopic (exact) mass is 232 g/mol. The van der Waals surface area contributed by atoms with E-state index in [1.807, 2.05) is 19.1 Å². The lowest BCUT2D eigenvalue weighted by Gasteiger charge is -2.07. The van der Waals surface area contributed by atoms with Gasteiger partial charge in [-0.15, -0.1) is 0 Å². The maximum absolute atomic E-state index is 9.18. The molecule has 5 heteroatoms. The standard InChI is InChI=1S/C12H16N4O/c1-2-11-14-12(16-15-11)10(13)7-8-3-5-9(17)6-4-8/h3-6,10,17H,2,7,13H2,1H3,(H,14,15,16). The highest BCUT2D eigenvalue weighted by Gasteiger charge is 2.12. The summed E-state index contributed by atoms with van der Waals surface area (Å²) in [5.74, 6) is 1.74. The summed E-state index contributed by atoms with van der Waals surface area (Å²) in [5.41, 5.74) is 7.08. The molecule has 17 heavy (non-hydrogen) atoms. The molecule has 0 fully saturated rings. The Bertz CT molecular complexity index is 478. The number of phenolic OH excluding ortho intramolecular Hbond substituents is 1. The Balaban J connectivity index is 2.05. The van der Waals surface area contributed by atoms with Crippen LogP contribution in [0, 0.1) is 0 Å². The summed E-state index contributed by atoms with van der Waals surface area (Å²) in [6.07, 6.45) is 1.47. The molecule has 4 N–H and O–H groups in total. The third kappa shape index (κ3) is 2.82. The first-order valence-corrected chi connectivity index (χ1v) is 5.63. The average Bonchev–Trinajstić information content (AvgIpc) is 2.81. The maximum Gasteiger partial charge on any atom is 0.167 e. The van der Waals surface area contributed by atoms with Gasteiger partial charge in [-0.3, -0.25) is 5.10 Å². The van der Waals surface area contributed by atoms with Crippen molar-refractivity contribution in [3.05, 3.63) is 41.5 Å². The van der Waals surface area contributed by atoms with Gasteiger partial charge in [-0.1, -0.05) is 19.1 Å². The molecule has 2 rings (SSSR count). The summed E-state index contributed by atoms with van der Waals surface area (Å²) in [5, 5.41) is 16.1. The minimum absolute atomic E-state index is 0.226. The summed E-state index contributed by atoms with van der Waals surface area (Å²) in [4.78, 5) is 4.30. The van der Waals surface area contributed by atoms with E-state index < -0.39 is 0 Å². The highest BCUT2D eigenvalue weighted by molar-refractivity contribution is 5.26. The molecule has 1 unspecified atom stereocenters. The lowest BCUT2D eigenvalue weighted by atomic mass is 10.1. The number of aryl methyl sites for hydroxylation is 1. The first kappa shape index (κ1) is 11.6. The number of hydrogen-bond donors (Lipinski definition) is 3. The van der Waals surface area contributed by atoms with Crippen LogP contribution in [0.5, 0.6) is 5.75 Å². The zero-order valence-electron chi connectivity index (χ0n) is 9.72. The molecule has 1 aromatic heterocycles. The number of aromatic hydroxyl groups is 1. The number of rotatable bonds is 4. The van der Waals surface area contributed by atoms with E-state index in [1.165, 1.54) is 0 Å². The molecule has 0 saturated carbocycles. The molecule has 1 atom stereocenters. The van der Waals surface area contributed by atoms with Crippen molar-refractivity contribution in [3.8, 4) is 5.75 Å². The summed E-state index contributed by atoms with van der Waals surface area (Å²) < 4.78 is 0. The van der Waals surface area contributed by atoms with Crippen LogP contribution in [0.25, 0.3) is 0 Å². The van der Waals surface area contributed by atoms with Gasteiger partial charge in [-0.2, -0.15) is 5.10 Å². The molecule has 5 nitrogen and oxygen atoms in total. The number of hydrogen-bond acceptors (Lipinski definition) is 4. The van der Waals surface area contributed by atoms with Crippen molar-refractivity contribution in [3.63, 3.8) is 0 Å². The number of aromatic amines is 1. The minimum atomic E-state index is -0.226. The normalized spacial score (nSPS) is 12.6. The van der Waals surface area contributed by atoms with E-state index in [9.17, 15) is 5.11 Å². The number of benzene rings is 1. The van der Waals surface area contributed by atoms with Gasteiger partial charge in [-0.05, 0) is 24.1 Å². The predicted octanol–water partition coefficient (Wildman–Crippen LogP) is 1.32. The van der Waals surface area contributed by atoms with Crippen molar-refractivity contribution in [1.82, 2.24) is 15.2 Å². The SMILES string of the molecule is CCc1nc(C(N)Cc2ccc(O)cc2)n[nH]1. The summed E-state index contributed by atoms with van der Waals surface area (Å²) >= 11 is 0. The highest BCUT2D eigenvalue weighted by Crippen LogP contribution is 2.15. The van der Waals surface area contributed by atoms with Crippen molar-refractivity contribution in [1.29, 1.82) is 0 Å². The molecule has 0 aliphatic rings. The van der Waals surface area contributed by atoms with Crippen LogP contribution < -0.4 is 5.73 Å². The Morgan fingerprint density at radius 3 is 2.65 bits per heavy atom. The van der Waals surface area contributed by atoms with Crippen molar-refractivity contribution in [2.75, 3.05) is 0 Å². The number of nitrogens with one attached hydrogen (secondary N) is 1. The first-order chi connectivity index (χ1) is 8.19. The van der Waals surface area contributed by atoms with E-state index in [4.69, 9.17) is 5.73 Å². The number of nitrogens with zero attached hydrogens (tertiary/aromatic N) is 2. The van der Waals surface area contributed by atoms with Gasteiger partial charge in [0, 0.05) is 6.42 Å². The maximum atomic E-state index is 9.18. The Morgan fingerprint density at radius 1 is 1.35 bits per heavy atom. The summed E-state index contributed by atoms with van der Waals surface area (Å²) in [6.45, 7) is 2.01. The second-order valence-electron chi connectivity index (χ2n) is 3.97. The number of aromatic nitrogens is 3. The molecule has 90 valence electrons. The highest BCUT2D eigenvalue weighted by atomic mass is 16.3. The van der Waals surface area contributed by atoms with Crippen LogP contribution in [-0.4, -0.2) is 20.3 Å². The van der Waals surface area contributed by atoms with E-state index >= 15 is 0 Å².